The van der Waals surface area contributed by atoms with Gasteiger partial charge in [-0.2, -0.15) is 0 Å². The number of oxime groups is 1. The first kappa shape index (κ1) is 47.2. The number of rotatable bonds is 6. The SMILES string of the molecule is CO[C@H]1/C=C/O[C@@]2(C)Oc3c(C)c(O)c4c(c3/C2=N/OCCN2CC(C)NC(C)C2)C(=O)C=C(NC(=O)/C(C)=C\C=C\[C@H](C)[C@H](O)[C@@H](C)[C@@H](O)[C@@H](C)[C@H](OC(C)=O)[C@@H]1C)C4=O. The third-order valence-electron chi connectivity index (χ3n) is 12.1. The Morgan fingerprint density at radius 3 is 2.28 bits per heavy atom. The number of carbonyl (C=O) groups is 4. The molecule has 1 aliphatic carbocycles. The van der Waals surface area contributed by atoms with Gasteiger partial charge in [-0.05, 0) is 33.8 Å². The predicted molar refractivity (Wildman–Crippen MR) is 226 cm³/mol. The number of ketones is 2. The molecule has 61 heavy (non-hydrogen) atoms. The number of ether oxygens (including phenoxy) is 4. The number of carbonyl (C=O) groups excluding carboxylic acids is 4. The monoisotopic (exact) mass is 850 g/mol. The first-order chi connectivity index (χ1) is 28.7. The molecule has 11 atom stereocenters. The zero-order valence-electron chi connectivity index (χ0n) is 37.0. The van der Waals surface area contributed by atoms with Gasteiger partial charge in [0.2, 0.25) is 5.78 Å². The van der Waals surface area contributed by atoms with E-state index in [1.807, 2.05) is 0 Å². The number of phenolic OH excluding ortho intramolecular Hbond substituents is 1. The highest BCUT2D eigenvalue weighted by Crippen LogP contribution is 2.48. The fourth-order valence-corrected chi connectivity index (χ4v) is 8.66. The van der Waals surface area contributed by atoms with Gasteiger partial charge in [0.15, 0.2) is 11.5 Å². The van der Waals surface area contributed by atoms with Crippen LogP contribution in [-0.4, -0.2) is 125 Å². The summed E-state index contributed by atoms with van der Waals surface area (Å²) in [6.07, 6.45) is 4.82. The number of Topliss-reactive ketones (excluding diaryl/α,β-unsaturated/α-hetero) is 1. The second-order valence-corrected chi connectivity index (χ2v) is 17.1. The van der Waals surface area contributed by atoms with Gasteiger partial charge in [0.25, 0.3) is 11.7 Å². The lowest BCUT2D eigenvalue weighted by Crippen LogP contribution is -2.54. The molecule has 0 saturated carbocycles. The van der Waals surface area contributed by atoms with Gasteiger partial charge in [0.05, 0.1) is 47.0 Å². The molecule has 6 rings (SSSR count). The number of phenols is 1. The second kappa shape index (κ2) is 19.5. The summed E-state index contributed by atoms with van der Waals surface area (Å²) >= 11 is 0. The van der Waals surface area contributed by atoms with Crippen LogP contribution in [0.1, 0.15) is 94.2 Å². The number of aromatic hydroxyl groups is 1. The Hall–Kier alpha value is -4.87. The van der Waals surface area contributed by atoms with Gasteiger partial charge in [-0.1, -0.05) is 51.1 Å². The largest absolute Gasteiger partial charge is 0.507 e. The number of fused-ring (bicyclic) bond motifs is 14. The molecule has 2 unspecified atom stereocenters. The number of benzene rings is 1. The molecule has 334 valence electrons. The quantitative estimate of drug-likeness (QED) is 0.156. The minimum Gasteiger partial charge on any atom is -0.507 e. The van der Waals surface area contributed by atoms with E-state index in [0.29, 0.717) is 6.54 Å². The fraction of sp³-hybridized carbons (Fsp3) is 0.578. The molecule has 1 aromatic rings. The Morgan fingerprint density at radius 1 is 0.967 bits per heavy atom. The number of aliphatic hydroxyl groups is 2. The van der Waals surface area contributed by atoms with E-state index in [0.717, 1.165) is 19.2 Å². The van der Waals surface area contributed by atoms with Crippen molar-refractivity contribution in [2.75, 3.05) is 33.4 Å². The molecule has 1 saturated heterocycles. The summed E-state index contributed by atoms with van der Waals surface area (Å²) in [5, 5.41) is 44.9. The number of nitrogens with one attached hydrogen (secondary N) is 2. The van der Waals surface area contributed by atoms with Gasteiger partial charge in [-0.25, -0.2) is 0 Å². The smallest absolute Gasteiger partial charge is 0.302 e. The van der Waals surface area contributed by atoms with Crippen LogP contribution in [0.15, 0.2) is 53.1 Å². The van der Waals surface area contributed by atoms with E-state index in [1.54, 1.807) is 52.8 Å². The van der Waals surface area contributed by atoms with Gasteiger partial charge in [0, 0.05) is 93.6 Å². The third-order valence-corrected chi connectivity index (χ3v) is 12.1. The van der Waals surface area contributed by atoms with Gasteiger partial charge in [-0.3, -0.25) is 24.1 Å². The molecule has 4 aliphatic heterocycles. The summed E-state index contributed by atoms with van der Waals surface area (Å²) in [6.45, 7) is 19.4. The molecule has 0 spiro atoms. The average Bonchev–Trinajstić information content (AvgIpc) is 3.49. The van der Waals surface area contributed by atoms with Crippen molar-refractivity contribution in [2.24, 2.45) is 28.8 Å². The van der Waals surface area contributed by atoms with E-state index < -0.39 is 83.1 Å². The number of esters is 1. The van der Waals surface area contributed by atoms with Gasteiger partial charge in [0.1, 0.15) is 24.2 Å². The minimum atomic E-state index is -1.80. The predicted octanol–water partition coefficient (Wildman–Crippen LogP) is 3.85. The third kappa shape index (κ3) is 10.1. The molecular weight excluding hydrogens is 789 g/mol. The van der Waals surface area contributed by atoms with Crippen molar-refractivity contribution in [3.05, 3.63) is 70.2 Å². The Kier molecular flexibility index (Phi) is 15.0. The molecule has 5 aliphatic rings. The summed E-state index contributed by atoms with van der Waals surface area (Å²) in [6, 6.07) is 0.558. The number of nitrogens with zero attached hydrogens (tertiary/aromatic N) is 2. The van der Waals surface area contributed by atoms with Crippen molar-refractivity contribution in [3.8, 4) is 11.5 Å². The van der Waals surface area contributed by atoms with Crippen LogP contribution < -0.4 is 15.4 Å². The number of hydrogen-bond donors (Lipinski definition) is 5. The Morgan fingerprint density at radius 2 is 1.64 bits per heavy atom. The number of allylic oxidation sites excluding steroid dienone is 4. The van der Waals surface area contributed by atoms with Crippen molar-refractivity contribution in [3.63, 3.8) is 0 Å². The van der Waals surface area contributed by atoms with Crippen molar-refractivity contribution in [2.45, 2.75) is 112 Å². The lowest BCUT2D eigenvalue weighted by molar-refractivity contribution is -0.160. The lowest BCUT2D eigenvalue weighted by Gasteiger charge is -2.38. The van der Waals surface area contributed by atoms with E-state index in [-0.39, 0.29) is 63.7 Å². The molecule has 16 nitrogen and oxygen atoms in total. The summed E-state index contributed by atoms with van der Waals surface area (Å²) in [5.74, 6) is -7.45. The standard InChI is InChI=1S/C45H62N4O12/c1-22-13-12-14-23(2)44(56)47-31-19-32(51)34-35(40(31)55)39(54)29(8)42-36(34)43(48-59-18-16-49-20-24(3)46-25(4)21-49)45(10,61-42)58-17-15-33(57-11)26(5)41(60-30(9)50)28(7)38(53)27(6)37(22)52/h12-15,17,19,22,24-28,33,37-38,41,46,52-54H,16,18,20-21H2,1-11H3,(H,47,56)/b13-12+,17-15+,23-14-,48-43-/t22-,24?,25?,26+,27+,28+,33-,37-,38+,41+,45-/m0/s1. The number of aliphatic hydroxyl groups excluding tert-OH is 2. The highest BCUT2D eigenvalue weighted by Gasteiger charge is 2.51. The number of hydrogen-bond acceptors (Lipinski definition) is 15. The van der Waals surface area contributed by atoms with E-state index in [9.17, 15) is 34.5 Å². The summed E-state index contributed by atoms with van der Waals surface area (Å²) in [4.78, 5) is 62.2. The van der Waals surface area contributed by atoms with Gasteiger partial charge < -0.3 is 49.7 Å². The van der Waals surface area contributed by atoms with E-state index in [2.05, 4.69) is 34.5 Å². The van der Waals surface area contributed by atoms with Gasteiger partial charge in [-0.15, -0.1) is 0 Å². The van der Waals surface area contributed by atoms with Crippen molar-refractivity contribution in [1.82, 2.24) is 15.5 Å². The molecule has 1 amide bonds. The van der Waals surface area contributed by atoms with Gasteiger partial charge >= 0.3 is 5.97 Å². The first-order valence-corrected chi connectivity index (χ1v) is 20.9. The first-order valence-electron chi connectivity index (χ1n) is 20.9. The molecule has 4 heterocycles. The highest BCUT2D eigenvalue weighted by molar-refractivity contribution is 6.31. The molecule has 16 heteroatoms. The average molecular weight is 851 g/mol. The van der Waals surface area contributed by atoms with Crippen LogP contribution >= 0.6 is 0 Å². The molecule has 5 bridgehead atoms. The molecule has 0 radical (unpaired) electrons. The summed E-state index contributed by atoms with van der Waals surface area (Å²) in [7, 11) is 1.47. The van der Waals surface area contributed by atoms with E-state index in [1.165, 1.54) is 40.2 Å². The van der Waals surface area contributed by atoms with Crippen molar-refractivity contribution >= 4 is 29.2 Å². The van der Waals surface area contributed by atoms with Crippen LogP contribution in [0.25, 0.3) is 0 Å². The number of piperazine rings is 1. The molecule has 1 fully saturated rings. The Bertz CT molecular complexity index is 2010. The fourth-order valence-electron chi connectivity index (χ4n) is 8.66. The van der Waals surface area contributed by atoms with Crippen LogP contribution in [-0.2, 0) is 28.6 Å². The van der Waals surface area contributed by atoms with Crippen molar-refractivity contribution in [1.29, 1.82) is 0 Å². The molecule has 0 aromatic heterocycles. The van der Waals surface area contributed by atoms with E-state index >= 15 is 0 Å². The normalized spacial score (nSPS) is 35.3. The maximum absolute atomic E-state index is 14.1. The van der Waals surface area contributed by atoms with Crippen LogP contribution in [0.5, 0.6) is 11.5 Å². The number of methoxy groups -OCH3 is 1. The van der Waals surface area contributed by atoms with Crippen LogP contribution in [0, 0.1) is 30.6 Å². The summed E-state index contributed by atoms with van der Waals surface area (Å²) in [5.41, 5.74) is -0.496. The zero-order chi connectivity index (χ0) is 45.1. The maximum atomic E-state index is 14.1. The maximum Gasteiger partial charge on any atom is 0.302 e. The second-order valence-electron chi connectivity index (χ2n) is 17.1. The molecular formula is C45H62N4O12. The van der Waals surface area contributed by atoms with E-state index in [4.69, 9.17) is 23.8 Å². The van der Waals surface area contributed by atoms with Crippen LogP contribution in [0.3, 0.4) is 0 Å². The topological polar surface area (TPSA) is 215 Å². The Labute approximate surface area is 357 Å². The van der Waals surface area contributed by atoms with Crippen LogP contribution in [0.2, 0.25) is 0 Å². The zero-order valence-corrected chi connectivity index (χ0v) is 37.0. The number of amides is 1. The van der Waals surface area contributed by atoms with Crippen LogP contribution in [0.4, 0.5) is 0 Å². The highest BCUT2D eigenvalue weighted by atomic mass is 16.7. The molecule has 5 N–H and O–H groups in total. The Balaban J connectivity index is 1.62. The molecule has 1 aromatic carbocycles. The summed E-state index contributed by atoms with van der Waals surface area (Å²) < 4.78 is 24.4. The minimum absolute atomic E-state index is 0.00827. The van der Waals surface area contributed by atoms with Crippen molar-refractivity contribution < 1.29 is 58.3 Å². The lowest BCUT2D eigenvalue weighted by atomic mass is 9.78.